The van der Waals surface area contributed by atoms with Gasteiger partial charge in [0.05, 0.1) is 11.0 Å². The van der Waals surface area contributed by atoms with E-state index in [1.54, 1.807) is 0 Å². The molecule has 1 unspecified atom stereocenters. The van der Waals surface area contributed by atoms with Gasteiger partial charge in [-0.25, -0.2) is 4.98 Å². The molecule has 1 atom stereocenters. The first-order chi connectivity index (χ1) is 12.7. The van der Waals surface area contributed by atoms with E-state index < -0.39 is 0 Å². The molecule has 132 valence electrons. The molecule has 4 rings (SSSR count). The number of benzene rings is 3. The Hall–Kier alpha value is -2.52. The van der Waals surface area contributed by atoms with Crippen LogP contribution in [0.4, 0.5) is 0 Å². The minimum Gasteiger partial charge on any atom is -0.486 e. The maximum absolute atomic E-state index is 6.20. The zero-order valence-electron chi connectivity index (χ0n) is 14.9. The summed E-state index contributed by atoms with van der Waals surface area (Å²) in [5.41, 5.74) is 2.01. The van der Waals surface area contributed by atoms with E-state index in [1.165, 1.54) is 10.8 Å². The van der Waals surface area contributed by atoms with Gasteiger partial charge in [-0.05, 0) is 54.4 Å². The SMILES string of the molecule is CCC(C)n1c(COc2ccc3ccccc3c2)nc2ccc(Cl)cc21. The van der Waals surface area contributed by atoms with Gasteiger partial charge >= 0.3 is 0 Å². The lowest BCUT2D eigenvalue weighted by Crippen LogP contribution is -2.11. The van der Waals surface area contributed by atoms with Crippen molar-refractivity contribution in [2.75, 3.05) is 0 Å². The minimum atomic E-state index is 0.327. The first kappa shape index (κ1) is 16.9. The highest BCUT2D eigenvalue weighted by atomic mass is 35.5. The molecule has 0 aliphatic carbocycles. The summed E-state index contributed by atoms with van der Waals surface area (Å²) in [5.74, 6) is 1.77. The maximum Gasteiger partial charge on any atom is 0.148 e. The summed E-state index contributed by atoms with van der Waals surface area (Å²) < 4.78 is 8.32. The number of ether oxygens (including phenoxy) is 1. The fraction of sp³-hybridized carbons (Fsp3) is 0.227. The Morgan fingerprint density at radius 1 is 1.04 bits per heavy atom. The molecule has 4 aromatic rings. The summed E-state index contributed by atoms with van der Waals surface area (Å²) in [5, 5.41) is 3.11. The summed E-state index contributed by atoms with van der Waals surface area (Å²) in [4.78, 5) is 4.78. The highest BCUT2D eigenvalue weighted by Gasteiger charge is 2.16. The third kappa shape index (κ3) is 3.15. The molecule has 0 saturated carbocycles. The van der Waals surface area contributed by atoms with E-state index >= 15 is 0 Å². The third-order valence-electron chi connectivity index (χ3n) is 4.85. The summed E-state index contributed by atoms with van der Waals surface area (Å²) in [6, 6.07) is 20.6. The van der Waals surface area contributed by atoms with Gasteiger partial charge < -0.3 is 9.30 Å². The van der Waals surface area contributed by atoms with E-state index in [0.29, 0.717) is 12.6 Å². The Morgan fingerprint density at radius 3 is 2.65 bits per heavy atom. The molecule has 4 heteroatoms. The number of fused-ring (bicyclic) bond motifs is 2. The summed E-state index contributed by atoms with van der Waals surface area (Å²) in [6.07, 6.45) is 1.01. The lowest BCUT2D eigenvalue weighted by atomic mass is 10.1. The van der Waals surface area contributed by atoms with Gasteiger partial charge in [0, 0.05) is 11.1 Å². The Kier molecular flexibility index (Phi) is 4.56. The molecule has 0 radical (unpaired) electrons. The molecule has 0 spiro atoms. The van der Waals surface area contributed by atoms with Crippen LogP contribution in [0.15, 0.2) is 60.7 Å². The molecule has 0 fully saturated rings. The van der Waals surface area contributed by atoms with E-state index in [4.69, 9.17) is 21.3 Å². The average molecular weight is 365 g/mol. The molecule has 1 aromatic heterocycles. The van der Waals surface area contributed by atoms with Crippen LogP contribution in [0.25, 0.3) is 21.8 Å². The van der Waals surface area contributed by atoms with Crippen molar-refractivity contribution in [2.24, 2.45) is 0 Å². The molecule has 0 bridgehead atoms. The van der Waals surface area contributed by atoms with Crippen molar-refractivity contribution >= 4 is 33.4 Å². The molecule has 1 heterocycles. The highest BCUT2D eigenvalue weighted by Crippen LogP contribution is 2.27. The smallest absolute Gasteiger partial charge is 0.148 e. The normalized spacial score (nSPS) is 12.6. The summed E-state index contributed by atoms with van der Waals surface area (Å²) in [7, 11) is 0. The zero-order chi connectivity index (χ0) is 18.1. The highest BCUT2D eigenvalue weighted by molar-refractivity contribution is 6.31. The Morgan fingerprint density at radius 2 is 1.85 bits per heavy atom. The van der Waals surface area contributed by atoms with E-state index in [1.807, 2.05) is 36.4 Å². The van der Waals surface area contributed by atoms with Gasteiger partial charge in [0.2, 0.25) is 0 Å². The van der Waals surface area contributed by atoms with Crippen LogP contribution in [-0.4, -0.2) is 9.55 Å². The molecular formula is C22H21ClN2O. The third-order valence-corrected chi connectivity index (χ3v) is 5.08. The number of hydrogen-bond acceptors (Lipinski definition) is 2. The second kappa shape index (κ2) is 7.00. The minimum absolute atomic E-state index is 0.327. The van der Waals surface area contributed by atoms with Crippen LogP contribution in [0, 0.1) is 0 Å². The molecule has 3 nitrogen and oxygen atoms in total. The monoisotopic (exact) mass is 364 g/mol. The molecule has 26 heavy (non-hydrogen) atoms. The van der Waals surface area contributed by atoms with E-state index in [0.717, 1.165) is 34.1 Å². The lowest BCUT2D eigenvalue weighted by molar-refractivity contribution is 0.286. The zero-order valence-corrected chi connectivity index (χ0v) is 15.7. The number of halogens is 1. The Labute approximate surface area is 158 Å². The van der Waals surface area contributed by atoms with Crippen LogP contribution in [0.5, 0.6) is 5.75 Å². The van der Waals surface area contributed by atoms with E-state index in [9.17, 15) is 0 Å². The number of hydrogen-bond donors (Lipinski definition) is 0. The van der Waals surface area contributed by atoms with Gasteiger partial charge in [0.15, 0.2) is 0 Å². The topological polar surface area (TPSA) is 27.1 Å². The first-order valence-electron chi connectivity index (χ1n) is 8.93. The van der Waals surface area contributed by atoms with Gasteiger partial charge in [-0.1, -0.05) is 48.9 Å². The van der Waals surface area contributed by atoms with Crippen LogP contribution in [0.3, 0.4) is 0 Å². The van der Waals surface area contributed by atoms with Crippen LogP contribution >= 0.6 is 11.6 Å². The van der Waals surface area contributed by atoms with Crippen molar-refractivity contribution in [2.45, 2.75) is 32.9 Å². The Bertz CT molecular complexity index is 1070. The summed E-state index contributed by atoms with van der Waals surface area (Å²) in [6.45, 7) is 4.80. The molecule has 0 N–H and O–H groups in total. The standard InChI is InChI=1S/C22H21ClN2O/c1-3-15(2)25-21-13-18(23)9-11-20(21)24-22(25)14-26-19-10-8-16-6-4-5-7-17(16)12-19/h4-13,15H,3,14H2,1-2H3. The predicted octanol–water partition coefficient (Wildman–Crippen LogP) is 6.39. The molecule has 3 aromatic carbocycles. The van der Waals surface area contributed by atoms with Crippen molar-refractivity contribution in [3.63, 3.8) is 0 Å². The van der Waals surface area contributed by atoms with Gasteiger partial charge in [0.25, 0.3) is 0 Å². The van der Waals surface area contributed by atoms with Gasteiger partial charge in [-0.2, -0.15) is 0 Å². The van der Waals surface area contributed by atoms with Crippen LogP contribution in [-0.2, 0) is 6.61 Å². The molecular weight excluding hydrogens is 344 g/mol. The molecule has 0 saturated heterocycles. The number of rotatable bonds is 5. The second-order valence-electron chi connectivity index (χ2n) is 6.59. The van der Waals surface area contributed by atoms with Crippen molar-refractivity contribution in [3.05, 3.63) is 71.5 Å². The van der Waals surface area contributed by atoms with Crippen LogP contribution in [0.2, 0.25) is 5.02 Å². The predicted molar refractivity (Wildman–Crippen MR) is 108 cm³/mol. The fourth-order valence-electron chi connectivity index (χ4n) is 3.30. The molecule has 0 aliphatic heterocycles. The van der Waals surface area contributed by atoms with Crippen molar-refractivity contribution in [1.29, 1.82) is 0 Å². The van der Waals surface area contributed by atoms with Crippen molar-refractivity contribution in [3.8, 4) is 5.75 Å². The van der Waals surface area contributed by atoms with Gasteiger partial charge in [0.1, 0.15) is 18.2 Å². The number of aromatic nitrogens is 2. The molecule has 0 amide bonds. The van der Waals surface area contributed by atoms with E-state index in [-0.39, 0.29) is 0 Å². The average Bonchev–Trinajstić information content (AvgIpc) is 3.03. The Balaban J connectivity index is 1.67. The largest absolute Gasteiger partial charge is 0.486 e. The maximum atomic E-state index is 6.20. The quantitative estimate of drug-likeness (QED) is 0.410. The lowest BCUT2D eigenvalue weighted by Gasteiger charge is -2.16. The van der Waals surface area contributed by atoms with Gasteiger partial charge in [-0.15, -0.1) is 0 Å². The first-order valence-corrected chi connectivity index (χ1v) is 9.31. The number of imidazole rings is 1. The molecule has 0 aliphatic rings. The summed E-state index contributed by atoms with van der Waals surface area (Å²) >= 11 is 6.20. The van der Waals surface area contributed by atoms with Crippen molar-refractivity contribution < 1.29 is 4.74 Å². The second-order valence-corrected chi connectivity index (χ2v) is 7.02. The fourth-order valence-corrected chi connectivity index (χ4v) is 3.46. The van der Waals surface area contributed by atoms with Crippen LogP contribution < -0.4 is 4.74 Å². The van der Waals surface area contributed by atoms with E-state index in [2.05, 4.69) is 42.7 Å². The number of nitrogens with zero attached hydrogens (tertiary/aromatic N) is 2. The van der Waals surface area contributed by atoms with Crippen molar-refractivity contribution in [1.82, 2.24) is 9.55 Å². The van der Waals surface area contributed by atoms with Gasteiger partial charge in [-0.3, -0.25) is 0 Å². The van der Waals surface area contributed by atoms with Crippen LogP contribution in [0.1, 0.15) is 32.1 Å².